The van der Waals surface area contributed by atoms with Gasteiger partial charge in [0.05, 0.1) is 16.5 Å². The van der Waals surface area contributed by atoms with Crippen molar-refractivity contribution in [3.8, 4) is 0 Å². The van der Waals surface area contributed by atoms with Crippen LogP contribution in [0.25, 0.3) is 0 Å². The van der Waals surface area contributed by atoms with Gasteiger partial charge in [-0.3, -0.25) is 9.59 Å². The first-order valence-electron chi connectivity index (χ1n) is 10.9. The van der Waals surface area contributed by atoms with E-state index in [9.17, 15) is 9.59 Å². The third-order valence-corrected chi connectivity index (χ3v) is 6.67. The van der Waals surface area contributed by atoms with E-state index in [0.717, 1.165) is 42.4 Å². The first-order valence-corrected chi connectivity index (χ1v) is 11.7. The van der Waals surface area contributed by atoms with Gasteiger partial charge in [0, 0.05) is 12.6 Å². The number of nitrogens with zero attached hydrogens (tertiary/aromatic N) is 1. The highest BCUT2D eigenvalue weighted by atomic mass is 35.5. The Labute approximate surface area is 194 Å². The molecular formula is C25H30Cl2N2O2. The molecule has 2 amide bonds. The highest BCUT2D eigenvalue weighted by molar-refractivity contribution is 6.42. The number of carbonyl (C=O) groups is 2. The highest BCUT2D eigenvalue weighted by Crippen LogP contribution is 2.24. The van der Waals surface area contributed by atoms with E-state index in [0.29, 0.717) is 16.6 Å². The van der Waals surface area contributed by atoms with Gasteiger partial charge in [-0.05, 0) is 49.9 Å². The van der Waals surface area contributed by atoms with E-state index in [1.807, 2.05) is 31.2 Å². The maximum atomic E-state index is 13.3. The number of nitrogens with one attached hydrogen (secondary N) is 1. The van der Waals surface area contributed by atoms with E-state index in [-0.39, 0.29) is 24.3 Å². The lowest BCUT2D eigenvalue weighted by atomic mass is 9.95. The standard InChI is InChI=1S/C25H30Cl2N2O2/c1-17-8-10-19(11-9-17)16-29(18(2)25(31)28-21-6-4-3-5-7-21)24(30)15-20-12-13-22(26)23(27)14-20/h8-14,18,21H,3-7,15-16H2,1-2H3,(H,28,31)/t18-/m0/s1. The van der Waals surface area contributed by atoms with Crippen molar-refractivity contribution in [3.05, 3.63) is 69.2 Å². The topological polar surface area (TPSA) is 49.4 Å². The molecule has 1 saturated carbocycles. The van der Waals surface area contributed by atoms with Crippen molar-refractivity contribution in [2.75, 3.05) is 0 Å². The maximum Gasteiger partial charge on any atom is 0.242 e. The minimum atomic E-state index is -0.571. The van der Waals surface area contributed by atoms with Gasteiger partial charge in [0.25, 0.3) is 0 Å². The summed E-state index contributed by atoms with van der Waals surface area (Å²) in [5, 5.41) is 4.03. The van der Waals surface area contributed by atoms with Gasteiger partial charge in [-0.15, -0.1) is 0 Å². The van der Waals surface area contributed by atoms with Gasteiger partial charge in [-0.25, -0.2) is 0 Å². The van der Waals surface area contributed by atoms with Crippen LogP contribution in [0.2, 0.25) is 10.0 Å². The van der Waals surface area contributed by atoms with Crippen molar-refractivity contribution < 1.29 is 9.59 Å². The highest BCUT2D eigenvalue weighted by Gasteiger charge is 2.28. The zero-order valence-corrected chi connectivity index (χ0v) is 19.7. The summed E-state index contributed by atoms with van der Waals surface area (Å²) in [7, 11) is 0. The summed E-state index contributed by atoms with van der Waals surface area (Å²) in [5.41, 5.74) is 2.92. The van der Waals surface area contributed by atoms with Crippen LogP contribution in [0, 0.1) is 6.92 Å². The van der Waals surface area contributed by atoms with Crippen LogP contribution >= 0.6 is 23.2 Å². The number of carbonyl (C=O) groups excluding carboxylic acids is 2. The summed E-state index contributed by atoms with van der Waals surface area (Å²) in [6.07, 6.45) is 5.68. The Morgan fingerprint density at radius 2 is 1.65 bits per heavy atom. The zero-order chi connectivity index (χ0) is 22.4. The van der Waals surface area contributed by atoms with E-state index in [1.165, 1.54) is 6.42 Å². The molecule has 0 aromatic heterocycles. The second-order valence-electron chi connectivity index (χ2n) is 8.45. The van der Waals surface area contributed by atoms with Crippen molar-refractivity contribution in [3.63, 3.8) is 0 Å². The van der Waals surface area contributed by atoms with E-state index in [1.54, 1.807) is 30.0 Å². The molecule has 0 heterocycles. The largest absolute Gasteiger partial charge is 0.352 e. The van der Waals surface area contributed by atoms with E-state index in [2.05, 4.69) is 5.32 Å². The molecule has 0 saturated heterocycles. The molecular weight excluding hydrogens is 431 g/mol. The van der Waals surface area contributed by atoms with Crippen LogP contribution in [0.3, 0.4) is 0 Å². The van der Waals surface area contributed by atoms with Crippen LogP contribution in [0.4, 0.5) is 0 Å². The molecule has 0 bridgehead atoms. The minimum Gasteiger partial charge on any atom is -0.352 e. The average molecular weight is 461 g/mol. The zero-order valence-electron chi connectivity index (χ0n) is 18.2. The maximum absolute atomic E-state index is 13.3. The number of aryl methyl sites for hydroxylation is 1. The van der Waals surface area contributed by atoms with Crippen molar-refractivity contribution in [1.82, 2.24) is 10.2 Å². The lowest BCUT2D eigenvalue weighted by Gasteiger charge is -2.31. The summed E-state index contributed by atoms with van der Waals surface area (Å²) in [6.45, 7) is 4.20. The Bertz CT molecular complexity index is 908. The molecule has 31 heavy (non-hydrogen) atoms. The smallest absolute Gasteiger partial charge is 0.242 e. The Kier molecular flexibility index (Phi) is 8.39. The van der Waals surface area contributed by atoms with E-state index in [4.69, 9.17) is 23.2 Å². The number of halogens is 2. The Morgan fingerprint density at radius 1 is 1.00 bits per heavy atom. The Morgan fingerprint density at radius 3 is 2.29 bits per heavy atom. The van der Waals surface area contributed by atoms with Crippen LogP contribution in [0.1, 0.15) is 55.7 Å². The fourth-order valence-corrected chi connectivity index (χ4v) is 4.29. The third kappa shape index (κ3) is 6.72. The van der Waals surface area contributed by atoms with Crippen LogP contribution in [0.5, 0.6) is 0 Å². The first-order chi connectivity index (χ1) is 14.8. The van der Waals surface area contributed by atoms with Crippen molar-refractivity contribution in [2.24, 2.45) is 0 Å². The molecule has 6 heteroatoms. The normalized spacial score (nSPS) is 15.4. The monoisotopic (exact) mass is 460 g/mol. The van der Waals surface area contributed by atoms with Gasteiger partial charge in [0.1, 0.15) is 6.04 Å². The van der Waals surface area contributed by atoms with Gasteiger partial charge in [0.2, 0.25) is 11.8 Å². The summed E-state index contributed by atoms with van der Waals surface area (Å²) in [4.78, 5) is 28.0. The van der Waals surface area contributed by atoms with Gasteiger partial charge < -0.3 is 10.2 Å². The predicted molar refractivity (Wildman–Crippen MR) is 126 cm³/mol. The van der Waals surface area contributed by atoms with Gasteiger partial charge in [-0.2, -0.15) is 0 Å². The fourth-order valence-electron chi connectivity index (χ4n) is 3.97. The Balaban J connectivity index is 1.76. The van der Waals surface area contributed by atoms with Crippen molar-refractivity contribution in [1.29, 1.82) is 0 Å². The summed E-state index contributed by atoms with van der Waals surface area (Å²) in [5.74, 6) is -0.216. The molecule has 0 aliphatic heterocycles. The SMILES string of the molecule is Cc1ccc(CN(C(=O)Cc2ccc(Cl)c(Cl)c2)[C@@H](C)C(=O)NC2CCCCC2)cc1. The van der Waals surface area contributed by atoms with E-state index < -0.39 is 6.04 Å². The molecule has 0 spiro atoms. The minimum absolute atomic E-state index is 0.0958. The second-order valence-corrected chi connectivity index (χ2v) is 9.27. The lowest BCUT2D eigenvalue weighted by Crippen LogP contribution is -2.50. The van der Waals surface area contributed by atoms with Crippen LogP contribution in [-0.2, 0) is 22.6 Å². The van der Waals surface area contributed by atoms with Gasteiger partial charge >= 0.3 is 0 Å². The number of rotatable bonds is 7. The molecule has 1 N–H and O–H groups in total. The molecule has 1 aliphatic rings. The molecule has 4 nitrogen and oxygen atoms in total. The molecule has 2 aromatic rings. The van der Waals surface area contributed by atoms with Gasteiger partial charge in [-0.1, -0.05) is 78.4 Å². The van der Waals surface area contributed by atoms with Crippen LogP contribution in [-0.4, -0.2) is 28.8 Å². The quantitative estimate of drug-likeness (QED) is 0.574. The molecule has 3 rings (SSSR count). The number of hydrogen-bond acceptors (Lipinski definition) is 2. The number of amides is 2. The first kappa shape index (κ1) is 23.6. The summed E-state index contributed by atoms with van der Waals surface area (Å²) >= 11 is 12.1. The molecule has 1 atom stereocenters. The molecule has 166 valence electrons. The third-order valence-electron chi connectivity index (χ3n) is 5.93. The lowest BCUT2D eigenvalue weighted by molar-refractivity contribution is -0.140. The van der Waals surface area contributed by atoms with Crippen LogP contribution in [0.15, 0.2) is 42.5 Å². The molecule has 1 fully saturated rings. The fraction of sp³-hybridized carbons (Fsp3) is 0.440. The average Bonchev–Trinajstić information content (AvgIpc) is 2.76. The number of benzene rings is 2. The van der Waals surface area contributed by atoms with Crippen molar-refractivity contribution in [2.45, 2.75) is 71.0 Å². The Hall–Kier alpha value is -2.04. The molecule has 2 aromatic carbocycles. The van der Waals surface area contributed by atoms with E-state index >= 15 is 0 Å². The molecule has 1 aliphatic carbocycles. The summed E-state index contributed by atoms with van der Waals surface area (Å²) in [6, 6.07) is 12.9. The second kappa shape index (κ2) is 11.0. The van der Waals surface area contributed by atoms with Crippen LogP contribution < -0.4 is 5.32 Å². The summed E-state index contributed by atoms with van der Waals surface area (Å²) < 4.78 is 0. The number of hydrogen-bond donors (Lipinski definition) is 1. The van der Waals surface area contributed by atoms with Crippen molar-refractivity contribution >= 4 is 35.0 Å². The molecule has 0 unspecified atom stereocenters. The predicted octanol–water partition coefficient (Wildman–Crippen LogP) is 5.71. The molecule has 0 radical (unpaired) electrons. The van der Waals surface area contributed by atoms with Gasteiger partial charge in [0.15, 0.2) is 0 Å².